The molecule has 1 saturated carbocycles. The van der Waals surface area contributed by atoms with Crippen molar-refractivity contribution in [3.63, 3.8) is 0 Å². The van der Waals surface area contributed by atoms with Crippen LogP contribution in [0.15, 0.2) is 0 Å². The number of rotatable bonds is 4. The maximum Gasteiger partial charge on any atom is 0.0558 e. The van der Waals surface area contributed by atoms with Gasteiger partial charge in [0.25, 0.3) is 0 Å². The molecule has 1 saturated heterocycles. The molecule has 0 spiro atoms. The van der Waals surface area contributed by atoms with E-state index < -0.39 is 0 Å². The van der Waals surface area contributed by atoms with E-state index >= 15 is 0 Å². The Labute approximate surface area is 99.4 Å². The molecular formula is C13H26N2O. The molecule has 0 bridgehead atoms. The summed E-state index contributed by atoms with van der Waals surface area (Å²) in [7, 11) is 2.22. The fourth-order valence-electron chi connectivity index (χ4n) is 3.42. The fourth-order valence-corrected chi connectivity index (χ4v) is 3.42. The van der Waals surface area contributed by atoms with Gasteiger partial charge in [0, 0.05) is 31.2 Å². The maximum absolute atomic E-state index is 9.23. The van der Waals surface area contributed by atoms with Crippen LogP contribution in [-0.2, 0) is 0 Å². The molecule has 0 aromatic rings. The van der Waals surface area contributed by atoms with Crippen molar-refractivity contribution in [1.82, 2.24) is 9.80 Å². The molecule has 0 aromatic heterocycles. The van der Waals surface area contributed by atoms with Crippen molar-refractivity contribution >= 4 is 0 Å². The lowest BCUT2D eigenvalue weighted by Gasteiger charge is -2.33. The molecule has 94 valence electrons. The van der Waals surface area contributed by atoms with Gasteiger partial charge < -0.3 is 10.0 Å². The molecule has 2 aliphatic rings. The highest BCUT2D eigenvalue weighted by atomic mass is 16.3. The Morgan fingerprint density at radius 3 is 2.44 bits per heavy atom. The van der Waals surface area contributed by atoms with Crippen LogP contribution in [0.4, 0.5) is 0 Å². The predicted molar refractivity (Wildman–Crippen MR) is 66.5 cm³/mol. The second kappa shape index (κ2) is 5.48. The van der Waals surface area contributed by atoms with Gasteiger partial charge in [0.1, 0.15) is 0 Å². The third kappa shape index (κ3) is 2.58. The van der Waals surface area contributed by atoms with Crippen molar-refractivity contribution in [3.8, 4) is 0 Å². The van der Waals surface area contributed by atoms with Gasteiger partial charge in [0.15, 0.2) is 0 Å². The Bertz CT molecular complexity index is 206. The molecule has 16 heavy (non-hydrogen) atoms. The average Bonchev–Trinajstić information content (AvgIpc) is 2.86. The first kappa shape index (κ1) is 12.3. The quantitative estimate of drug-likeness (QED) is 0.783. The van der Waals surface area contributed by atoms with Gasteiger partial charge in [-0.05, 0) is 33.2 Å². The molecule has 0 radical (unpaired) electrons. The summed E-state index contributed by atoms with van der Waals surface area (Å²) in [4.78, 5) is 5.04. The van der Waals surface area contributed by atoms with E-state index in [4.69, 9.17) is 0 Å². The Hall–Kier alpha value is -0.120. The van der Waals surface area contributed by atoms with Gasteiger partial charge in [-0.2, -0.15) is 0 Å². The predicted octanol–water partition coefficient (Wildman–Crippen LogP) is 1.32. The molecule has 1 heterocycles. The lowest BCUT2D eigenvalue weighted by Crippen LogP contribution is -2.44. The molecule has 1 aliphatic heterocycles. The average molecular weight is 226 g/mol. The molecule has 1 aliphatic carbocycles. The Morgan fingerprint density at radius 2 is 1.94 bits per heavy atom. The van der Waals surface area contributed by atoms with E-state index in [0.717, 1.165) is 12.6 Å². The number of hydrogen-bond donors (Lipinski definition) is 1. The summed E-state index contributed by atoms with van der Waals surface area (Å²) in [6, 6.07) is 2.12. The Morgan fingerprint density at radius 1 is 1.25 bits per heavy atom. The van der Waals surface area contributed by atoms with Crippen molar-refractivity contribution in [2.45, 2.75) is 57.2 Å². The number of nitrogens with zero attached hydrogens (tertiary/aromatic N) is 2. The van der Waals surface area contributed by atoms with Crippen LogP contribution in [0.2, 0.25) is 0 Å². The van der Waals surface area contributed by atoms with Crippen LogP contribution in [0.5, 0.6) is 0 Å². The normalized spacial score (nSPS) is 33.0. The van der Waals surface area contributed by atoms with Crippen LogP contribution in [0, 0.1) is 0 Å². The minimum atomic E-state index is 0.311. The van der Waals surface area contributed by atoms with Crippen molar-refractivity contribution in [3.05, 3.63) is 0 Å². The zero-order valence-corrected chi connectivity index (χ0v) is 10.7. The summed E-state index contributed by atoms with van der Waals surface area (Å²) in [6.45, 7) is 4.67. The molecule has 0 aromatic carbocycles. The van der Waals surface area contributed by atoms with Gasteiger partial charge in [-0.3, -0.25) is 4.90 Å². The van der Waals surface area contributed by atoms with Gasteiger partial charge >= 0.3 is 0 Å². The first-order valence-electron chi connectivity index (χ1n) is 6.79. The molecular weight excluding hydrogens is 200 g/mol. The van der Waals surface area contributed by atoms with Gasteiger partial charge in [0.2, 0.25) is 0 Å². The Kier molecular flexibility index (Phi) is 4.22. The van der Waals surface area contributed by atoms with Crippen LogP contribution in [0.3, 0.4) is 0 Å². The lowest BCUT2D eigenvalue weighted by atomic mass is 10.1. The second-order valence-corrected chi connectivity index (χ2v) is 5.58. The first-order chi connectivity index (χ1) is 7.72. The highest BCUT2D eigenvalue weighted by molar-refractivity contribution is 4.91. The minimum Gasteiger partial charge on any atom is -0.395 e. The SMILES string of the molecule is CC1CC(N(CCO)C2CCCC2)CN1C. The smallest absolute Gasteiger partial charge is 0.0558 e. The molecule has 2 rings (SSSR count). The number of likely N-dealkylation sites (tertiary alicyclic amines) is 1. The van der Waals surface area contributed by atoms with Gasteiger partial charge in [-0.15, -0.1) is 0 Å². The third-order valence-electron chi connectivity index (χ3n) is 4.49. The van der Waals surface area contributed by atoms with Crippen LogP contribution >= 0.6 is 0 Å². The largest absolute Gasteiger partial charge is 0.395 e. The van der Waals surface area contributed by atoms with Crippen LogP contribution in [0.25, 0.3) is 0 Å². The maximum atomic E-state index is 9.23. The van der Waals surface area contributed by atoms with Crippen LogP contribution in [-0.4, -0.2) is 59.8 Å². The fraction of sp³-hybridized carbons (Fsp3) is 1.00. The molecule has 2 unspecified atom stereocenters. The molecule has 0 amide bonds. The summed E-state index contributed by atoms with van der Waals surface area (Å²) in [5.74, 6) is 0. The van der Waals surface area contributed by atoms with Crippen molar-refractivity contribution in [2.24, 2.45) is 0 Å². The van der Waals surface area contributed by atoms with Crippen molar-refractivity contribution < 1.29 is 5.11 Å². The van der Waals surface area contributed by atoms with Gasteiger partial charge in [-0.1, -0.05) is 12.8 Å². The third-order valence-corrected chi connectivity index (χ3v) is 4.49. The summed E-state index contributed by atoms with van der Waals surface area (Å²) in [5, 5.41) is 9.23. The van der Waals surface area contributed by atoms with Crippen LogP contribution < -0.4 is 0 Å². The summed E-state index contributed by atoms with van der Waals surface area (Å²) < 4.78 is 0. The highest BCUT2D eigenvalue weighted by Crippen LogP contribution is 2.29. The van der Waals surface area contributed by atoms with E-state index in [1.165, 1.54) is 38.6 Å². The summed E-state index contributed by atoms with van der Waals surface area (Å²) in [5.41, 5.74) is 0. The van der Waals surface area contributed by atoms with Gasteiger partial charge in [0.05, 0.1) is 6.61 Å². The standard InChI is InChI=1S/C13H26N2O/c1-11-9-13(10-14(11)2)15(7-8-16)12-5-3-4-6-12/h11-13,16H,3-10H2,1-2H3. The van der Waals surface area contributed by atoms with Crippen molar-refractivity contribution in [1.29, 1.82) is 0 Å². The molecule has 3 heteroatoms. The zero-order chi connectivity index (χ0) is 11.5. The Balaban J connectivity index is 1.96. The molecule has 2 fully saturated rings. The summed E-state index contributed by atoms with van der Waals surface area (Å²) >= 11 is 0. The van der Waals surface area contributed by atoms with Crippen molar-refractivity contribution in [2.75, 3.05) is 26.7 Å². The first-order valence-corrected chi connectivity index (χ1v) is 6.79. The molecule has 2 atom stereocenters. The van der Waals surface area contributed by atoms with E-state index in [-0.39, 0.29) is 0 Å². The van der Waals surface area contributed by atoms with E-state index in [2.05, 4.69) is 23.8 Å². The zero-order valence-electron chi connectivity index (χ0n) is 10.7. The number of aliphatic hydroxyl groups excluding tert-OH is 1. The highest BCUT2D eigenvalue weighted by Gasteiger charge is 2.34. The van der Waals surface area contributed by atoms with E-state index in [0.29, 0.717) is 18.7 Å². The monoisotopic (exact) mass is 226 g/mol. The second-order valence-electron chi connectivity index (χ2n) is 5.58. The summed E-state index contributed by atoms with van der Waals surface area (Å²) in [6.07, 6.45) is 6.71. The van der Waals surface area contributed by atoms with E-state index in [9.17, 15) is 5.11 Å². The van der Waals surface area contributed by atoms with Gasteiger partial charge in [-0.25, -0.2) is 0 Å². The molecule has 1 N–H and O–H groups in total. The van der Waals surface area contributed by atoms with Crippen LogP contribution in [0.1, 0.15) is 39.0 Å². The number of likely N-dealkylation sites (N-methyl/N-ethyl adjacent to an activating group) is 1. The van der Waals surface area contributed by atoms with E-state index in [1.807, 2.05) is 0 Å². The number of aliphatic hydroxyl groups is 1. The topological polar surface area (TPSA) is 26.7 Å². The number of hydrogen-bond acceptors (Lipinski definition) is 3. The lowest BCUT2D eigenvalue weighted by molar-refractivity contribution is 0.107. The molecule has 3 nitrogen and oxygen atoms in total. The van der Waals surface area contributed by atoms with E-state index in [1.54, 1.807) is 0 Å². The minimum absolute atomic E-state index is 0.311.